The number of ether oxygens (including phenoxy) is 1. The number of H-pyrrole nitrogens is 1. The molecule has 0 unspecified atom stereocenters. The Hall–Kier alpha value is -2.41. The summed E-state index contributed by atoms with van der Waals surface area (Å²) in [5.41, 5.74) is 2.34. The van der Waals surface area contributed by atoms with Crippen molar-refractivity contribution in [3.05, 3.63) is 30.1 Å². The van der Waals surface area contributed by atoms with Crippen LogP contribution < -0.4 is 0 Å². The number of nitrogens with one attached hydrogen (secondary N) is 1. The Balaban J connectivity index is 1.48. The predicted octanol–water partition coefficient (Wildman–Crippen LogP) is 1.91. The summed E-state index contributed by atoms with van der Waals surface area (Å²) in [6, 6.07) is 5.47. The molecule has 1 fully saturated rings. The highest BCUT2D eigenvalue weighted by Crippen LogP contribution is 2.15. The number of carbonyl (C=O) groups excluding carboxylic acids is 2. The van der Waals surface area contributed by atoms with Crippen LogP contribution in [0.15, 0.2) is 24.5 Å². The lowest BCUT2D eigenvalue weighted by Gasteiger charge is -2.35. The molecule has 0 spiro atoms. The molecule has 3 rings (SSSR count). The van der Waals surface area contributed by atoms with E-state index in [0.717, 1.165) is 11.0 Å². The number of piperazine rings is 1. The van der Waals surface area contributed by atoms with Crippen molar-refractivity contribution in [1.29, 1.82) is 0 Å². The normalized spacial score (nSPS) is 15.0. The first-order chi connectivity index (χ1) is 12.5. The first-order valence-electron chi connectivity index (χ1n) is 9.12. The van der Waals surface area contributed by atoms with Crippen LogP contribution >= 0.6 is 0 Å². The molecule has 2 amide bonds. The highest BCUT2D eigenvalue weighted by Gasteiger charge is 2.24. The Morgan fingerprint density at radius 1 is 1.19 bits per heavy atom. The van der Waals surface area contributed by atoms with Gasteiger partial charge in [-0.15, -0.1) is 0 Å². The molecule has 0 saturated carbocycles. The zero-order valence-electron chi connectivity index (χ0n) is 15.4. The molecule has 1 saturated heterocycles. The van der Waals surface area contributed by atoms with Crippen molar-refractivity contribution in [2.24, 2.45) is 5.92 Å². The van der Waals surface area contributed by atoms with E-state index in [1.807, 2.05) is 17.0 Å². The molecular formula is C19H26N4O3. The Morgan fingerprint density at radius 3 is 2.65 bits per heavy atom. The summed E-state index contributed by atoms with van der Waals surface area (Å²) in [4.78, 5) is 35.7. The third-order valence-corrected chi connectivity index (χ3v) is 4.50. The van der Waals surface area contributed by atoms with Gasteiger partial charge in [0, 0.05) is 38.3 Å². The van der Waals surface area contributed by atoms with E-state index in [9.17, 15) is 9.59 Å². The van der Waals surface area contributed by atoms with Gasteiger partial charge in [0.15, 0.2) is 0 Å². The van der Waals surface area contributed by atoms with Crippen LogP contribution in [0.1, 0.15) is 30.6 Å². The van der Waals surface area contributed by atoms with E-state index in [4.69, 9.17) is 4.74 Å². The van der Waals surface area contributed by atoms with Gasteiger partial charge < -0.3 is 19.5 Å². The largest absolute Gasteiger partial charge is 0.381 e. The van der Waals surface area contributed by atoms with Crippen LogP contribution in [0.3, 0.4) is 0 Å². The number of aromatic nitrogens is 2. The van der Waals surface area contributed by atoms with Crippen LogP contribution in [0.5, 0.6) is 0 Å². The lowest BCUT2D eigenvalue weighted by molar-refractivity contribution is -0.133. The molecule has 1 N–H and O–H groups in total. The summed E-state index contributed by atoms with van der Waals surface area (Å²) in [5.74, 6) is 0.564. The van der Waals surface area contributed by atoms with E-state index in [2.05, 4.69) is 23.8 Å². The van der Waals surface area contributed by atoms with Gasteiger partial charge in [0.25, 0.3) is 5.91 Å². The number of nitrogens with zero attached hydrogens (tertiary/aromatic N) is 3. The Morgan fingerprint density at radius 2 is 1.92 bits per heavy atom. The highest BCUT2D eigenvalue weighted by molar-refractivity contribution is 5.97. The van der Waals surface area contributed by atoms with Crippen molar-refractivity contribution in [2.75, 3.05) is 39.4 Å². The monoisotopic (exact) mass is 358 g/mol. The van der Waals surface area contributed by atoms with E-state index in [1.54, 1.807) is 17.3 Å². The Kier molecular flexibility index (Phi) is 5.88. The number of rotatable bonds is 6. The molecule has 1 aromatic heterocycles. The van der Waals surface area contributed by atoms with Gasteiger partial charge in [-0.2, -0.15) is 0 Å². The molecule has 140 valence electrons. The highest BCUT2D eigenvalue weighted by atomic mass is 16.5. The molecule has 0 aliphatic carbocycles. The van der Waals surface area contributed by atoms with Crippen LogP contribution in [0.2, 0.25) is 0 Å². The topological polar surface area (TPSA) is 78.5 Å². The molecule has 2 aromatic rings. The van der Waals surface area contributed by atoms with Crippen molar-refractivity contribution in [3.63, 3.8) is 0 Å². The van der Waals surface area contributed by atoms with Gasteiger partial charge in [0.05, 0.1) is 30.4 Å². The van der Waals surface area contributed by atoms with Gasteiger partial charge in [-0.25, -0.2) is 4.98 Å². The molecular weight excluding hydrogens is 332 g/mol. The third kappa shape index (κ3) is 4.40. The number of fused-ring (bicyclic) bond motifs is 1. The number of imidazole rings is 1. The maximum absolute atomic E-state index is 12.7. The molecule has 7 nitrogen and oxygen atoms in total. The SMILES string of the molecule is CC(C)COCCC(=O)N1CCN(C(=O)c2ccc3nc[nH]c3c2)CC1. The van der Waals surface area contributed by atoms with Crippen molar-refractivity contribution in [3.8, 4) is 0 Å². The number of hydrogen-bond acceptors (Lipinski definition) is 4. The molecule has 1 aliphatic heterocycles. The van der Waals surface area contributed by atoms with Gasteiger partial charge in [-0.3, -0.25) is 9.59 Å². The molecule has 1 aromatic carbocycles. The minimum Gasteiger partial charge on any atom is -0.381 e. The van der Waals surface area contributed by atoms with E-state index in [1.165, 1.54) is 0 Å². The number of amides is 2. The first kappa shape index (κ1) is 18.4. The summed E-state index contributed by atoms with van der Waals surface area (Å²) in [6.07, 6.45) is 2.02. The van der Waals surface area contributed by atoms with E-state index < -0.39 is 0 Å². The Bertz CT molecular complexity index is 763. The quantitative estimate of drug-likeness (QED) is 0.800. The lowest BCUT2D eigenvalue weighted by Crippen LogP contribution is -2.50. The van der Waals surface area contributed by atoms with Crippen molar-refractivity contribution in [2.45, 2.75) is 20.3 Å². The standard InChI is InChI=1S/C19H26N4O3/c1-14(2)12-26-10-5-18(24)22-6-8-23(9-7-22)19(25)15-3-4-16-17(11-15)21-13-20-16/h3-4,11,13-14H,5-10,12H2,1-2H3,(H,20,21). The Labute approximate surface area is 153 Å². The molecule has 2 heterocycles. The van der Waals surface area contributed by atoms with Crippen LogP contribution in [0, 0.1) is 5.92 Å². The third-order valence-electron chi connectivity index (χ3n) is 4.50. The van der Waals surface area contributed by atoms with Crippen LogP contribution in [-0.2, 0) is 9.53 Å². The lowest BCUT2D eigenvalue weighted by atomic mass is 10.1. The van der Waals surface area contributed by atoms with Gasteiger partial charge in [0.1, 0.15) is 0 Å². The second-order valence-corrected chi connectivity index (χ2v) is 7.03. The second-order valence-electron chi connectivity index (χ2n) is 7.03. The number of carbonyl (C=O) groups is 2. The fourth-order valence-electron chi connectivity index (χ4n) is 3.05. The van der Waals surface area contributed by atoms with Crippen LogP contribution in [0.25, 0.3) is 11.0 Å². The van der Waals surface area contributed by atoms with Crippen LogP contribution in [-0.4, -0.2) is 71.0 Å². The molecule has 0 atom stereocenters. The molecule has 0 radical (unpaired) electrons. The maximum atomic E-state index is 12.7. The van der Waals surface area contributed by atoms with E-state index in [0.29, 0.717) is 57.3 Å². The predicted molar refractivity (Wildman–Crippen MR) is 98.9 cm³/mol. The van der Waals surface area contributed by atoms with Crippen LogP contribution in [0.4, 0.5) is 0 Å². The van der Waals surface area contributed by atoms with Crippen molar-refractivity contribution < 1.29 is 14.3 Å². The zero-order valence-corrected chi connectivity index (χ0v) is 15.4. The smallest absolute Gasteiger partial charge is 0.254 e. The maximum Gasteiger partial charge on any atom is 0.254 e. The van der Waals surface area contributed by atoms with Crippen molar-refractivity contribution in [1.82, 2.24) is 19.8 Å². The molecule has 26 heavy (non-hydrogen) atoms. The summed E-state index contributed by atoms with van der Waals surface area (Å²) in [7, 11) is 0. The summed E-state index contributed by atoms with van der Waals surface area (Å²) in [6.45, 7) is 7.56. The number of hydrogen-bond donors (Lipinski definition) is 1. The summed E-state index contributed by atoms with van der Waals surface area (Å²) < 4.78 is 5.48. The average Bonchev–Trinajstić information content (AvgIpc) is 3.12. The minimum atomic E-state index is -0.00568. The summed E-state index contributed by atoms with van der Waals surface area (Å²) >= 11 is 0. The first-order valence-corrected chi connectivity index (χ1v) is 9.12. The van der Waals surface area contributed by atoms with Gasteiger partial charge in [0.2, 0.25) is 5.91 Å². The summed E-state index contributed by atoms with van der Waals surface area (Å²) in [5, 5.41) is 0. The molecule has 0 bridgehead atoms. The molecule has 1 aliphatic rings. The van der Waals surface area contributed by atoms with E-state index in [-0.39, 0.29) is 11.8 Å². The fraction of sp³-hybridized carbons (Fsp3) is 0.526. The zero-order chi connectivity index (χ0) is 18.5. The van der Waals surface area contributed by atoms with E-state index >= 15 is 0 Å². The number of aromatic amines is 1. The second kappa shape index (κ2) is 8.31. The van der Waals surface area contributed by atoms with Gasteiger partial charge >= 0.3 is 0 Å². The average molecular weight is 358 g/mol. The number of benzene rings is 1. The minimum absolute atomic E-state index is 0.00568. The fourth-order valence-corrected chi connectivity index (χ4v) is 3.05. The molecule has 7 heteroatoms. The van der Waals surface area contributed by atoms with Gasteiger partial charge in [-0.1, -0.05) is 13.8 Å². The van der Waals surface area contributed by atoms with Crippen molar-refractivity contribution >= 4 is 22.8 Å². The van der Waals surface area contributed by atoms with Gasteiger partial charge in [-0.05, 0) is 24.1 Å².